The van der Waals surface area contributed by atoms with Gasteiger partial charge in [0, 0.05) is 50.1 Å². The van der Waals surface area contributed by atoms with Gasteiger partial charge in [-0.1, -0.05) is 67.4 Å². The second-order valence-electron chi connectivity index (χ2n) is 8.71. The van der Waals surface area contributed by atoms with E-state index in [1.54, 1.807) is 12.1 Å². The van der Waals surface area contributed by atoms with Crippen molar-refractivity contribution >= 4 is 40.8 Å². The van der Waals surface area contributed by atoms with E-state index in [9.17, 15) is 9.18 Å². The molecule has 0 spiro atoms. The van der Waals surface area contributed by atoms with Gasteiger partial charge in [0.25, 0.3) is 5.91 Å². The fourth-order valence-electron chi connectivity index (χ4n) is 4.08. The zero-order valence-electron chi connectivity index (χ0n) is 20.4. The third kappa shape index (κ3) is 7.11. The fraction of sp³-hybridized carbons (Fsp3) is 0.370. The summed E-state index contributed by atoms with van der Waals surface area (Å²) in [5, 5.41) is 3.97. The van der Waals surface area contributed by atoms with Crippen molar-refractivity contribution in [2.24, 2.45) is 0 Å². The first-order valence-corrected chi connectivity index (χ1v) is 13.7. The number of benzene rings is 2. The van der Waals surface area contributed by atoms with Crippen molar-refractivity contribution in [1.82, 2.24) is 15.3 Å². The van der Waals surface area contributed by atoms with Gasteiger partial charge in [-0.05, 0) is 36.2 Å². The lowest BCUT2D eigenvalue weighted by Gasteiger charge is -2.36. The van der Waals surface area contributed by atoms with Crippen LogP contribution in [0.3, 0.4) is 0 Å². The number of halogens is 2. The molecule has 2 heterocycles. The number of aromatic nitrogens is 2. The Labute approximate surface area is 221 Å². The van der Waals surface area contributed by atoms with E-state index in [0.717, 1.165) is 30.6 Å². The summed E-state index contributed by atoms with van der Waals surface area (Å²) in [6.07, 6.45) is 3.25. The Kier molecular flexibility index (Phi) is 9.41. The Hall–Kier alpha value is -2.84. The van der Waals surface area contributed by atoms with Crippen molar-refractivity contribution in [3.63, 3.8) is 0 Å². The lowest BCUT2D eigenvalue weighted by atomic mass is 10.1. The third-order valence-electron chi connectivity index (χ3n) is 6.11. The molecule has 36 heavy (non-hydrogen) atoms. The van der Waals surface area contributed by atoms with Crippen molar-refractivity contribution in [3.05, 3.63) is 76.7 Å². The number of thioether (sulfide) groups is 1. The number of amides is 1. The van der Waals surface area contributed by atoms with E-state index in [4.69, 9.17) is 16.6 Å². The summed E-state index contributed by atoms with van der Waals surface area (Å²) >= 11 is 7.82. The van der Waals surface area contributed by atoms with Crippen LogP contribution in [0.5, 0.6) is 0 Å². The molecule has 3 aromatic rings. The number of nitrogens with zero attached hydrogens (tertiary/aromatic N) is 4. The van der Waals surface area contributed by atoms with Crippen LogP contribution in [0.15, 0.2) is 59.8 Å². The van der Waals surface area contributed by atoms with Crippen molar-refractivity contribution in [2.75, 3.05) is 42.5 Å². The van der Waals surface area contributed by atoms with Crippen molar-refractivity contribution in [3.8, 4) is 0 Å². The molecule has 1 aliphatic heterocycles. The minimum absolute atomic E-state index is 0.0387. The maximum Gasteiger partial charge on any atom is 0.251 e. The Balaban J connectivity index is 1.31. The number of rotatable bonds is 10. The van der Waals surface area contributed by atoms with Gasteiger partial charge in [0.15, 0.2) is 5.16 Å². The van der Waals surface area contributed by atoms with E-state index >= 15 is 0 Å². The first-order valence-electron chi connectivity index (χ1n) is 12.3. The van der Waals surface area contributed by atoms with Crippen LogP contribution in [0.25, 0.3) is 0 Å². The molecule has 0 saturated carbocycles. The number of hydrogen-bond donors (Lipinski definition) is 1. The van der Waals surface area contributed by atoms with Gasteiger partial charge in [-0.2, -0.15) is 0 Å². The lowest BCUT2D eigenvalue weighted by molar-refractivity contribution is 0.0953. The maximum absolute atomic E-state index is 14.1. The van der Waals surface area contributed by atoms with E-state index in [1.165, 1.54) is 17.8 Å². The van der Waals surface area contributed by atoms with Gasteiger partial charge in [0.2, 0.25) is 0 Å². The topological polar surface area (TPSA) is 61.4 Å². The zero-order valence-corrected chi connectivity index (χ0v) is 22.0. The number of carbonyl (C=O) groups is 1. The summed E-state index contributed by atoms with van der Waals surface area (Å²) in [5.41, 5.74) is 2.37. The SMILES string of the molecule is CCCCCNC(=O)c1ccc(CSc2nc(Cl)cc(N3CCN(c4ccccc4F)CC3)n2)cc1. The summed E-state index contributed by atoms with van der Waals surface area (Å²) in [7, 11) is 0. The van der Waals surface area contributed by atoms with Gasteiger partial charge in [-0.25, -0.2) is 14.4 Å². The fourth-order valence-corrected chi connectivity index (χ4v) is 5.11. The van der Waals surface area contributed by atoms with Crippen LogP contribution in [0.2, 0.25) is 5.15 Å². The smallest absolute Gasteiger partial charge is 0.251 e. The molecular formula is C27H31ClFN5OS. The molecule has 6 nitrogen and oxygen atoms in total. The molecule has 1 saturated heterocycles. The van der Waals surface area contributed by atoms with Crippen LogP contribution < -0.4 is 15.1 Å². The van der Waals surface area contributed by atoms with Crippen LogP contribution in [0.1, 0.15) is 42.1 Å². The molecule has 1 aromatic heterocycles. The molecule has 2 aromatic carbocycles. The van der Waals surface area contributed by atoms with Gasteiger partial charge < -0.3 is 15.1 Å². The van der Waals surface area contributed by atoms with E-state index in [0.29, 0.717) is 60.0 Å². The first-order chi connectivity index (χ1) is 17.5. The molecule has 0 radical (unpaired) electrons. The van der Waals surface area contributed by atoms with Gasteiger partial charge in [0.1, 0.15) is 16.8 Å². The van der Waals surface area contributed by atoms with E-state index < -0.39 is 0 Å². The largest absolute Gasteiger partial charge is 0.366 e. The van der Waals surface area contributed by atoms with Crippen molar-refractivity contribution in [2.45, 2.75) is 37.1 Å². The number of anilines is 2. The highest BCUT2D eigenvalue weighted by molar-refractivity contribution is 7.98. The Bertz CT molecular complexity index is 1160. The number of unbranched alkanes of at least 4 members (excludes halogenated alkanes) is 2. The molecule has 1 aliphatic rings. The molecule has 1 N–H and O–H groups in total. The lowest BCUT2D eigenvalue weighted by Crippen LogP contribution is -2.47. The summed E-state index contributed by atoms with van der Waals surface area (Å²) in [5.74, 6) is 1.21. The van der Waals surface area contributed by atoms with E-state index in [2.05, 4.69) is 27.0 Å². The summed E-state index contributed by atoms with van der Waals surface area (Å²) in [6.45, 7) is 5.68. The molecular weight excluding hydrogens is 497 g/mol. The van der Waals surface area contributed by atoms with Gasteiger partial charge in [0.05, 0.1) is 5.69 Å². The Morgan fingerprint density at radius 3 is 2.47 bits per heavy atom. The van der Waals surface area contributed by atoms with Crippen LogP contribution in [0, 0.1) is 5.82 Å². The first kappa shape index (κ1) is 26.2. The molecule has 0 atom stereocenters. The van der Waals surface area contributed by atoms with Crippen LogP contribution >= 0.6 is 23.4 Å². The Morgan fingerprint density at radius 1 is 1.03 bits per heavy atom. The monoisotopic (exact) mass is 527 g/mol. The highest BCUT2D eigenvalue weighted by atomic mass is 35.5. The number of nitrogens with one attached hydrogen (secondary N) is 1. The predicted octanol–water partition coefficient (Wildman–Crippen LogP) is 5.81. The average Bonchev–Trinajstić information content (AvgIpc) is 2.90. The summed E-state index contributed by atoms with van der Waals surface area (Å²) in [4.78, 5) is 25.6. The Morgan fingerprint density at radius 2 is 1.75 bits per heavy atom. The third-order valence-corrected chi connectivity index (χ3v) is 7.22. The molecule has 9 heteroatoms. The summed E-state index contributed by atoms with van der Waals surface area (Å²) < 4.78 is 14.1. The van der Waals surface area contributed by atoms with Gasteiger partial charge in [-0.15, -0.1) is 0 Å². The number of carbonyl (C=O) groups excluding carboxylic acids is 1. The highest BCUT2D eigenvalue weighted by Gasteiger charge is 2.21. The minimum atomic E-state index is -0.199. The summed E-state index contributed by atoms with van der Waals surface area (Å²) in [6, 6.07) is 16.3. The number of hydrogen-bond acceptors (Lipinski definition) is 6. The average molecular weight is 528 g/mol. The normalized spacial score (nSPS) is 13.6. The number of para-hydroxylation sites is 1. The minimum Gasteiger partial charge on any atom is -0.366 e. The molecule has 0 aliphatic carbocycles. The van der Waals surface area contributed by atoms with Gasteiger partial charge in [-0.3, -0.25) is 4.79 Å². The maximum atomic E-state index is 14.1. The molecule has 1 amide bonds. The molecule has 190 valence electrons. The molecule has 4 rings (SSSR count). The van der Waals surface area contributed by atoms with Crippen molar-refractivity contribution < 1.29 is 9.18 Å². The second kappa shape index (κ2) is 12.9. The van der Waals surface area contributed by atoms with E-state index in [-0.39, 0.29) is 11.7 Å². The number of piperazine rings is 1. The quantitative estimate of drug-likeness (QED) is 0.155. The molecule has 0 unspecified atom stereocenters. The van der Waals surface area contributed by atoms with Crippen LogP contribution in [0.4, 0.5) is 15.9 Å². The van der Waals surface area contributed by atoms with Crippen LogP contribution in [-0.2, 0) is 5.75 Å². The molecule has 1 fully saturated rings. The highest BCUT2D eigenvalue weighted by Crippen LogP contribution is 2.27. The van der Waals surface area contributed by atoms with Crippen molar-refractivity contribution in [1.29, 1.82) is 0 Å². The van der Waals surface area contributed by atoms with Gasteiger partial charge >= 0.3 is 0 Å². The second-order valence-corrected chi connectivity index (χ2v) is 10.0. The van der Waals surface area contributed by atoms with Crippen LogP contribution in [-0.4, -0.2) is 48.6 Å². The van der Waals surface area contributed by atoms with E-state index in [1.807, 2.05) is 36.4 Å². The molecule has 0 bridgehead atoms. The standard InChI is InChI=1S/C27H31ClFN5OS/c1-2-3-6-13-30-26(35)21-11-9-20(10-12-21)19-36-27-31-24(28)18-25(32-27)34-16-14-33(15-17-34)23-8-5-4-7-22(23)29/h4-5,7-12,18H,2-3,6,13-17,19H2,1H3,(H,30,35). The zero-order chi connectivity index (χ0) is 25.3. The predicted molar refractivity (Wildman–Crippen MR) is 146 cm³/mol.